The average Bonchev–Trinajstić information content (AvgIpc) is 3.40. The quantitative estimate of drug-likeness (QED) is 0.143. The smallest absolute Gasteiger partial charge is 0.331 e. The minimum Gasteiger partial charge on any atom is -0.457 e. The fourth-order valence-electron chi connectivity index (χ4n) is 4.38. The van der Waals surface area contributed by atoms with E-state index in [9.17, 15) is 9.59 Å². The molecular formula is C30H29Cl3N2O3. The van der Waals surface area contributed by atoms with Crippen LogP contribution >= 0.6 is 34.8 Å². The Kier molecular flexibility index (Phi) is 7.59. The van der Waals surface area contributed by atoms with Gasteiger partial charge in [0.25, 0.3) is 0 Å². The van der Waals surface area contributed by atoms with Gasteiger partial charge in [0.1, 0.15) is 5.60 Å². The summed E-state index contributed by atoms with van der Waals surface area (Å²) in [4.78, 5) is 32.9. The molecule has 0 saturated heterocycles. The van der Waals surface area contributed by atoms with Crippen LogP contribution in [0, 0.1) is 0 Å². The maximum atomic E-state index is 14.2. The van der Waals surface area contributed by atoms with Crippen LogP contribution in [0.25, 0.3) is 28.1 Å². The number of fused-ring (bicyclic) bond motifs is 1. The largest absolute Gasteiger partial charge is 0.457 e. The van der Waals surface area contributed by atoms with E-state index in [1.165, 1.54) is 6.08 Å². The second-order valence-corrected chi connectivity index (χ2v) is 12.4. The summed E-state index contributed by atoms with van der Waals surface area (Å²) in [7, 11) is 0. The highest BCUT2D eigenvalue weighted by Crippen LogP contribution is 2.42. The first kappa shape index (κ1) is 28.0. The van der Waals surface area contributed by atoms with Crippen molar-refractivity contribution in [2.45, 2.75) is 52.6 Å². The lowest BCUT2D eigenvalue weighted by Gasteiger charge is -2.20. The number of benzene rings is 2. The van der Waals surface area contributed by atoms with Gasteiger partial charge in [0.05, 0.1) is 21.1 Å². The molecule has 0 atom stereocenters. The van der Waals surface area contributed by atoms with Crippen molar-refractivity contribution >= 4 is 63.5 Å². The summed E-state index contributed by atoms with van der Waals surface area (Å²) in [5.74, 6) is -0.631. The zero-order valence-corrected chi connectivity index (χ0v) is 24.3. The number of hydrogen-bond donors (Lipinski definition) is 2. The number of esters is 1. The number of nitrogens with one attached hydrogen (secondary N) is 2. The molecule has 2 N–H and O–H groups in total. The van der Waals surface area contributed by atoms with Gasteiger partial charge in [-0.05, 0) is 44.5 Å². The summed E-state index contributed by atoms with van der Waals surface area (Å²) in [6.07, 6.45) is 6.51. The van der Waals surface area contributed by atoms with Gasteiger partial charge in [-0.25, -0.2) is 4.79 Å². The first-order valence-electron chi connectivity index (χ1n) is 12.1. The standard InChI is InChI=1S/C30H29Cl3N2O3/c1-29(2,3)28-25(20(15-35-28)24-21(32)12-17(31)13-22(24)33)27(37)19-14-34-26-16(8-7-9-18(19)26)10-11-23(36)38-30(4,5)6/h7-15,34-35H,1-6H3/b11-10+. The molecule has 2 aromatic carbocycles. The molecule has 198 valence electrons. The Labute approximate surface area is 237 Å². The van der Waals surface area contributed by atoms with Gasteiger partial charge in [0.2, 0.25) is 0 Å². The predicted octanol–water partition coefficient (Wildman–Crippen LogP) is 9.01. The molecule has 0 fully saturated rings. The maximum absolute atomic E-state index is 14.2. The molecule has 2 aromatic heterocycles. The second-order valence-electron chi connectivity index (χ2n) is 11.1. The van der Waals surface area contributed by atoms with Gasteiger partial charge in [0, 0.05) is 56.7 Å². The molecule has 0 amide bonds. The Morgan fingerprint density at radius 3 is 2.18 bits per heavy atom. The van der Waals surface area contributed by atoms with Gasteiger partial charge in [-0.15, -0.1) is 0 Å². The van der Waals surface area contributed by atoms with E-state index in [1.807, 2.05) is 59.7 Å². The van der Waals surface area contributed by atoms with Crippen LogP contribution in [0.2, 0.25) is 15.1 Å². The third kappa shape index (κ3) is 5.70. The van der Waals surface area contributed by atoms with E-state index in [1.54, 1.807) is 30.6 Å². The summed E-state index contributed by atoms with van der Waals surface area (Å²) < 4.78 is 5.37. The Bertz CT molecular complexity index is 1560. The maximum Gasteiger partial charge on any atom is 0.331 e. The normalized spacial score (nSPS) is 12.4. The van der Waals surface area contributed by atoms with Crippen molar-refractivity contribution in [2.75, 3.05) is 0 Å². The molecule has 0 radical (unpaired) electrons. The van der Waals surface area contributed by atoms with Gasteiger partial charge in [0.15, 0.2) is 5.78 Å². The number of carbonyl (C=O) groups excluding carboxylic acids is 2. The second kappa shape index (κ2) is 10.3. The van der Waals surface area contributed by atoms with E-state index in [2.05, 4.69) is 9.97 Å². The first-order chi connectivity index (χ1) is 17.7. The number of aromatic amines is 2. The molecule has 0 aliphatic rings. The van der Waals surface area contributed by atoms with Crippen molar-refractivity contribution in [1.29, 1.82) is 0 Å². The molecule has 0 bridgehead atoms. The van der Waals surface area contributed by atoms with Gasteiger partial charge < -0.3 is 14.7 Å². The van der Waals surface area contributed by atoms with Crippen molar-refractivity contribution in [3.8, 4) is 11.1 Å². The van der Waals surface area contributed by atoms with E-state index in [-0.39, 0.29) is 11.2 Å². The summed E-state index contributed by atoms with van der Waals surface area (Å²) in [6, 6.07) is 8.80. The minimum atomic E-state index is -0.589. The molecule has 0 saturated carbocycles. The lowest BCUT2D eigenvalue weighted by atomic mass is 9.85. The van der Waals surface area contributed by atoms with Crippen LogP contribution in [0.5, 0.6) is 0 Å². The Hall–Kier alpha value is -2.99. The fourth-order valence-corrected chi connectivity index (χ4v) is 5.40. The van der Waals surface area contributed by atoms with Gasteiger partial charge in [-0.1, -0.05) is 73.8 Å². The summed E-state index contributed by atoms with van der Waals surface area (Å²) in [6.45, 7) is 11.5. The SMILES string of the molecule is CC(C)(C)OC(=O)/C=C/c1cccc2c(C(=O)c3c(-c4c(Cl)cc(Cl)cc4Cl)c[nH]c3C(C)(C)C)c[nH]c12. The highest BCUT2D eigenvalue weighted by atomic mass is 35.5. The Balaban J connectivity index is 1.84. The lowest BCUT2D eigenvalue weighted by Crippen LogP contribution is -2.22. The van der Waals surface area contributed by atoms with Crippen LogP contribution in [0.15, 0.2) is 48.8 Å². The van der Waals surface area contributed by atoms with Crippen molar-refractivity contribution < 1.29 is 14.3 Å². The number of ketones is 1. The van der Waals surface area contributed by atoms with Crippen molar-refractivity contribution in [1.82, 2.24) is 9.97 Å². The van der Waals surface area contributed by atoms with Crippen molar-refractivity contribution in [3.63, 3.8) is 0 Å². The number of para-hydroxylation sites is 1. The molecule has 0 aliphatic carbocycles. The number of halogens is 3. The van der Waals surface area contributed by atoms with Crippen LogP contribution in [0.3, 0.4) is 0 Å². The number of rotatable bonds is 5. The van der Waals surface area contributed by atoms with Gasteiger partial charge in [-0.3, -0.25) is 4.79 Å². The van der Waals surface area contributed by atoms with Gasteiger partial charge in [-0.2, -0.15) is 0 Å². The molecule has 38 heavy (non-hydrogen) atoms. The third-order valence-corrected chi connectivity index (χ3v) is 6.75. The Morgan fingerprint density at radius 2 is 1.58 bits per heavy atom. The number of hydrogen-bond acceptors (Lipinski definition) is 3. The average molecular weight is 572 g/mol. The zero-order valence-electron chi connectivity index (χ0n) is 22.1. The molecule has 0 aliphatic heterocycles. The number of carbonyl (C=O) groups is 2. The zero-order chi connectivity index (χ0) is 28.0. The fraction of sp³-hybridized carbons (Fsp3) is 0.267. The van der Waals surface area contributed by atoms with Gasteiger partial charge >= 0.3 is 5.97 Å². The molecule has 5 nitrogen and oxygen atoms in total. The highest BCUT2D eigenvalue weighted by Gasteiger charge is 2.30. The highest BCUT2D eigenvalue weighted by molar-refractivity contribution is 6.42. The Morgan fingerprint density at radius 1 is 0.921 bits per heavy atom. The van der Waals surface area contributed by atoms with E-state index < -0.39 is 11.6 Å². The van der Waals surface area contributed by atoms with Crippen LogP contribution in [-0.4, -0.2) is 27.3 Å². The molecule has 4 rings (SSSR count). The van der Waals surface area contributed by atoms with Crippen LogP contribution in [-0.2, 0) is 14.9 Å². The number of ether oxygens (including phenoxy) is 1. The van der Waals surface area contributed by atoms with E-state index in [0.717, 1.165) is 22.2 Å². The molecular weight excluding hydrogens is 543 g/mol. The minimum absolute atomic E-state index is 0.187. The third-order valence-electron chi connectivity index (χ3n) is 5.93. The van der Waals surface area contributed by atoms with Crippen LogP contribution < -0.4 is 0 Å². The summed E-state index contributed by atoms with van der Waals surface area (Å²) >= 11 is 19.3. The van der Waals surface area contributed by atoms with Crippen molar-refractivity contribution in [3.05, 3.63) is 86.3 Å². The number of aromatic nitrogens is 2. The van der Waals surface area contributed by atoms with Crippen LogP contribution in [0.4, 0.5) is 0 Å². The molecule has 0 unspecified atom stereocenters. The topological polar surface area (TPSA) is 75.0 Å². The van der Waals surface area contributed by atoms with E-state index in [4.69, 9.17) is 39.5 Å². The lowest BCUT2D eigenvalue weighted by molar-refractivity contribution is -0.148. The molecule has 0 spiro atoms. The van der Waals surface area contributed by atoms with E-state index >= 15 is 0 Å². The van der Waals surface area contributed by atoms with Crippen LogP contribution in [0.1, 0.15) is 68.7 Å². The summed E-state index contributed by atoms with van der Waals surface area (Å²) in [5, 5.41) is 1.84. The summed E-state index contributed by atoms with van der Waals surface area (Å²) in [5.41, 5.74) is 3.38. The van der Waals surface area contributed by atoms with Crippen molar-refractivity contribution in [2.24, 2.45) is 0 Å². The first-order valence-corrected chi connectivity index (χ1v) is 13.2. The molecule has 8 heteroatoms. The monoisotopic (exact) mass is 570 g/mol. The molecule has 4 aromatic rings. The predicted molar refractivity (Wildman–Crippen MR) is 157 cm³/mol. The number of H-pyrrole nitrogens is 2. The van der Waals surface area contributed by atoms with E-state index in [0.29, 0.717) is 37.3 Å². The molecule has 2 heterocycles.